The number of nitrogens with zero attached hydrogens (tertiary/aromatic N) is 1. The topological polar surface area (TPSA) is 96.8 Å². The molecule has 1 N–H and O–H groups in total. The summed E-state index contributed by atoms with van der Waals surface area (Å²) in [7, 11) is 4.80. The van der Waals surface area contributed by atoms with Crippen LogP contribution in [0.2, 0.25) is 0 Å². The van der Waals surface area contributed by atoms with Crippen molar-refractivity contribution in [2.24, 2.45) is 4.99 Å². The van der Waals surface area contributed by atoms with Gasteiger partial charge in [0.2, 0.25) is 0 Å². The lowest BCUT2D eigenvalue weighted by molar-refractivity contribution is -0.119. The first-order chi connectivity index (χ1) is 17.0. The van der Waals surface area contributed by atoms with Gasteiger partial charge >= 0.3 is 0 Å². The van der Waals surface area contributed by atoms with E-state index in [-0.39, 0.29) is 25.7 Å². The highest BCUT2D eigenvalue weighted by Gasteiger charge is 2.32. The Bertz CT molecular complexity index is 1030. The van der Waals surface area contributed by atoms with E-state index >= 15 is 0 Å². The fourth-order valence-electron chi connectivity index (χ4n) is 3.62. The molecule has 3 rings (SSSR count). The van der Waals surface area contributed by atoms with Crippen LogP contribution in [0.3, 0.4) is 0 Å². The molecule has 0 aliphatic carbocycles. The number of ketones is 1. The molecule has 1 aliphatic heterocycles. The van der Waals surface area contributed by atoms with E-state index in [0.29, 0.717) is 30.5 Å². The summed E-state index contributed by atoms with van der Waals surface area (Å²) in [5, 5.41) is 3.22. The first-order valence-corrected chi connectivity index (χ1v) is 11.4. The minimum absolute atomic E-state index is 0.0181. The molecule has 0 spiro atoms. The predicted octanol–water partition coefficient (Wildman–Crippen LogP) is 3.00. The van der Waals surface area contributed by atoms with E-state index in [4.69, 9.17) is 28.4 Å². The van der Waals surface area contributed by atoms with Crippen molar-refractivity contribution < 1.29 is 33.2 Å². The first-order valence-electron chi connectivity index (χ1n) is 11.4. The van der Waals surface area contributed by atoms with Gasteiger partial charge in [-0.25, -0.2) is 0 Å². The zero-order valence-corrected chi connectivity index (χ0v) is 21.0. The predicted molar refractivity (Wildman–Crippen MR) is 132 cm³/mol. The number of hydrogen-bond acceptors (Lipinski definition) is 9. The smallest absolute Gasteiger partial charge is 0.189 e. The summed E-state index contributed by atoms with van der Waals surface area (Å²) in [6, 6.07) is 8.93. The molecule has 0 amide bonds. The molecule has 1 saturated heterocycles. The summed E-state index contributed by atoms with van der Waals surface area (Å²) in [6.45, 7) is 5.31. The van der Waals surface area contributed by atoms with Gasteiger partial charge in [0.15, 0.2) is 12.6 Å². The molecule has 2 aromatic rings. The summed E-state index contributed by atoms with van der Waals surface area (Å²) < 4.78 is 32.8. The third kappa shape index (κ3) is 7.02. The Hall–Kier alpha value is -2.98. The lowest BCUT2D eigenvalue weighted by atomic mass is 10.0. The van der Waals surface area contributed by atoms with Crippen LogP contribution in [-0.4, -0.2) is 72.5 Å². The molecule has 9 nitrogen and oxygen atoms in total. The normalized spacial score (nSPS) is 17.6. The Morgan fingerprint density at radius 1 is 1.14 bits per heavy atom. The Kier molecular flexibility index (Phi) is 10.0. The summed E-state index contributed by atoms with van der Waals surface area (Å²) in [5.41, 5.74) is 3.68. The highest BCUT2D eigenvalue weighted by Crippen LogP contribution is 2.32. The molecule has 1 fully saturated rings. The number of Topliss-reactive ketones (excluding diaryl/α,β-unsaturated/α-hetero) is 1. The number of ether oxygens (including phenoxy) is 6. The van der Waals surface area contributed by atoms with Gasteiger partial charge in [0, 0.05) is 30.5 Å². The summed E-state index contributed by atoms with van der Waals surface area (Å²) >= 11 is 0. The zero-order chi connectivity index (χ0) is 25.2. The van der Waals surface area contributed by atoms with E-state index in [2.05, 4.69) is 10.3 Å². The molecular formula is C26H34N2O7. The van der Waals surface area contributed by atoms with E-state index in [1.165, 1.54) is 0 Å². The quantitative estimate of drug-likeness (QED) is 0.262. The van der Waals surface area contributed by atoms with Crippen LogP contribution in [0.4, 0.5) is 0 Å². The lowest BCUT2D eigenvalue weighted by Gasteiger charge is -2.16. The van der Waals surface area contributed by atoms with Gasteiger partial charge in [0.05, 0.1) is 46.6 Å². The maximum absolute atomic E-state index is 12.8. The zero-order valence-electron chi connectivity index (χ0n) is 21.0. The average Bonchev–Trinajstić information content (AvgIpc) is 3.37. The molecule has 35 heavy (non-hydrogen) atoms. The number of nitrogens with one attached hydrogen (secondary N) is 1. The van der Waals surface area contributed by atoms with Crippen LogP contribution in [-0.2, 0) is 19.0 Å². The fraction of sp³-hybridized carbons (Fsp3) is 0.462. The Morgan fingerprint density at radius 3 is 2.71 bits per heavy atom. The summed E-state index contributed by atoms with van der Waals surface area (Å²) in [6.07, 6.45) is 1.21. The largest absolute Gasteiger partial charge is 0.497 e. The van der Waals surface area contributed by atoms with Crippen molar-refractivity contribution in [2.45, 2.75) is 26.1 Å². The van der Waals surface area contributed by atoms with Crippen molar-refractivity contribution >= 4 is 12.0 Å². The minimum Gasteiger partial charge on any atom is -0.497 e. The highest BCUT2D eigenvalue weighted by atomic mass is 16.7. The van der Waals surface area contributed by atoms with Gasteiger partial charge in [-0.2, -0.15) is 0 Å². The summed E-state index contributed by atoms with van der Waals surface area (Å²) in [5.74, 6) is 1.93. The number of methoxy groups -OCH3 is 3. The maximum atomic E-state index is 12.8. The van der Waals surface area contributed by atoms with E-state index in [9.17, 15) is 4.79 Å². The molecule has 1 heterocycles. The Labute approximate surface area is 206 Å². The number of hydrogen-bond donors (Lipinski definition) is 1. The van der Waals surface area contributed by atoms with Crippen LogP contribution in [0.15, 0.2) is 35.3 Å². The first kappa shape index (κ1) is 26.6. The van der Waals surface area contributed by atoms with Crippen molar-refractivity contribution in [3.63, 3.8) is 0 Å². The third-order valence-electron chi connectivity index (χ3n) is 5.80. The number of aryl methyl sites for hydroxylation is 1. The fourth-order valence-corrected chi connectivity index (χ4v) is 3.62. The number of aliphatic imine (C=N–C) groups is 1. The van der Waals surface area contributed by atoms with Crippen LogP contribution in [0.1, 0.15) is 28.5 Å². The number of rotatable bonds is 13. The van der Waals surface area contributed by atoms with Gasteiger partial charge < -0.3 is 28.4 Å². The monoisotopic (exact) mass is 486 g/mol. The van der Waals surface area contributed by atoms with Crippen molar-refractivity contribution in [2.75, 3.05) is 54.5 Å². The van der Waals surface area contributed by atoms with Crippen molar-refractivity contribution in [3.8, 4) is 17.2 Å². The Morgan fingerprint density at radius 2 is 1.97 bits per heavy atom. The molecule has 0 aromatic heterocycles. The van der Waals surface area contributed by atoms with Gasteiger partial charge in [0.1, 0.15) is 23.5 Å². The van der Waals surface area contributed by atoms with Crippen LogP contribution in [0, 0.1) is 13.8 Å². The maximum Gasteiger partial charge on any atom is 0.189 e. The van der Waals surface area contributed by atoms with Crippen LogP contribution >= 0.6 is 0 Å². The van der Waals surface area contributed by atoms with Crippen LogP contribution in [0.5, 0.6) is 17.2 Å². The lowest BCUT2D eigenvalue weighted by Crippen LogP contribution is -2.35. The van der Waals surface area contributed by atoms with E-state index < -0.39 is 12.3 Å². The van der Waals surface area contributed by atoms with Gasteiger partial charge in [-0.3, -0.25) is 15.1 Å². The number of benzene rings is 2. The van der Waals surface area contributed by atoms with Gasteiger partial charge in [-0.05, 0) is 43.2 Å². The van der Waals surface area contributed by atoms with Gasteiger partial charge in [0.25, 0.3) is 0 Å². The van der Waals surface area contributed by atoms with Crippen LogP contribution < -0.4 is 19.5 Å². The minimum atomic E-state index is -0.464. The van der Waals surface area contributed by atoms with Crippen molar-refractivity contribution in [1.82, 2.24) is 5.32 Å². The highest BCUT2D eigenvalue weighted by molar-refractivity contribution is 5.90. The molecule has 2 atom stereocenters. The van der Waals surface area contributed by atoms with E-state index in [1.807, 2.05) is 38.1 Å². The van der Waals surface area contributed by atoms with Gasteiger partial charge in [-0.15, -0.1) is 0 Å². The third-order valence-corrected chi connectivity index (χ3v) is 5.80. The molecule has 0 bridgehead atoms. The molecule has 2 unspecified atom stereocenters. The molecular weight excluding hydrogens is 452 g/mol. The van der Waals surface area contributed by atoms with Crippen LogP contribution in [0.25, 0.3) is 0 Å². The van der Waals surface area contributed by atoms with E-state index in [1.54, 1.807) is 33.6 Å². The molecule has 9 heteroatoms. The SMILES string of the molecule is COCCOCOc1c(C=NCC(=O)C2COC(c3ccc(OC)cc3OC)N2)ccc(C)c1C. The van der Waals surface area contributed by atoms with Gasteiger partial charge in [-0.1, -0.05) is 6.07 Å². The molecule has 190 valence electrons. The molecule has 0 radical (unpaired) electrons. The second-order valence-electron chi connectivity index (χ2n) is 8.07. The Balaban J connectivity index is 1.59. The number of carbonyl (C=O) groups is 1. The standard InChI is InChI=1S/C26H34N2O7/c1-17-6-7-19(25(18(17)2)35-16-33-11-10-30-3)13-27-14-23(29)22-15-34-26(28-22)21-9-8-20(31-4)12-24(21)32-5/h6-9,12-13,22,26,28H,10-11,14-16H2,1-5H3. The molecule has 2 aromatic carbocycles. The molecule has 0 saturated carbocycles. The summed E-state index contributed by atoms with van der Waals surface area (Å²) in [4.78, 5) is 17.2. The number of carbonyl (C=O) groups excluding carboxylic acids is 1. The average molecular weight is 487 g/mol. The second kappa shape index (κ2) is 13.2. The van der Waals surface area contributed by atoms with Crippen molar-refractivity contribution in [3.05, 3.63) is 52.6 Å². The second-order valence-corrected chi connectivity index (χ2v) is 8.07. The van der Waals surface area contributed by atoms with Crippen molar-refractivity contribution in [1.29, 1.82) is 0 Å². The van der Waals surface area contributed by atoms with E-state index in [0.717, 1.165) is 22.3 Å². The molecule has 1 aliphatic rings.